The number of nitrogens with one attached hydrogen (secondary N) is 1. The highest BCUT2D eigenvalue weighted by molar-refractivity contribution is 6.30. The number of carbonyl (C=O) groups excluding carboxylic acids is 1. The second kappa shape index (κ2) is 11.4. The van der Waals surface area contributed by atoms with Crippen LogP contribution in [0, 0.1) is 5.82 Å². The quantitative estimate of drug-likeness (QED) is 0.244. The summed E-state index contributed by atoms with van der Waals surface area (Å²) in [4.78, 5) is 19.6. The van der Waals surface area contributed by atoms with Crippen molar-refractivity contribution in [1.82, 2.24) is 14.7 Å². The zero-order chi connectivity index (χ0) is 28.4. The number of imidazole rings is 1. The molecule has 5 rings (SSSR count). The van der Waals surface area contributed by atoms with Gasteiger partial charge in [-0.15, -0.1) is 13.2 Å². The van der Waals surface area contributed by atoms with Gasteiger partial charge in [-0.05, 0) is 78.8 Å². The molecule has 1 fully saturated rings. The molecule has 0 bridgehead atoms. The Hall–Kier alpha value is -3.79. The van der Waals surface area contributed by atoms with E-state index in [2.05, 4.69) is 19.9 Å². The first-order valence-electron chi connectivity index (χ1n) is 12.9. The van der Waals surface area contributed by atoms with E-state index >= 15 is 4.39 Å². The summed E-state index contributed by atoms with van der Waals surface area (Å²) in [6.07, 6.45) is -1.11. The largest absolute Gasteiger partial charge is 0.573 e. The van der Waals surface area contributed by atoms with Crippen molar-refractivity contribution in [3.63, 3.8) is 0 Å². The van der Waals surface area contributed by atoms with Crippen molar-refractivity contribution in [2.24, 2.45) is 0 Å². The number of pyridine rings is 1. The number of fused-ring (bicyclic) bond motifs is 1. The molecule has 1 aliphatic heterocycles. The molecule has 11 heteroatoms. The van der Waals surface area contributed by atoms with E-state index in [1.54, 1.807) is 40.9 Å². The molecule has 3 heterocycles. The summed E-state index contributed by atoms with van der Waals surface area (Å²) in [5.41, 5.74) is 3.73. The summed E-state index contributed by atoms with van der Waals surface area (Å²) in [5.74, 6) is -0.892. The summed E-state index contributed by atoms with van der Waals surface area (Å²) >= 11 is 6.12. The maximum atomic E-state index is 15.1. The van der Waals surface area contributed by atoms with Crippen LogP contribution < -0.4 is 15.0 Å². The van der Waals surface area contributed by atoms with E-state index in [0.717, 1.165) is 5.69 Å². The number of halogens is 5. The predicted molar refractivity (Wildman–Crippen MR) is 144 cm³/mol. The van der Waals surface area contributed by atoms with Gasteiger partial charge in [-0.25, -0.2) is 9.37 Å². The number of hydrogen-bond acceptors (Lipinski definition) is 4. The highest BCUT2D eigenvalue weighted by Crippen LogP contribution is 2.33. The first-order valence-corrected chi connectivity index (χ1v) is 13.3. The van der Waals surface area contributed by atoms with Gasteiger partial charge in [0.2, 0.25) is 0 Å². The van der Waals surface area contributed by atoms with Crippen LogP contribution in [0.4, 0.5) is 23.2 Å². The Balaban J connectivity index is 1.19. The van der Waals surface area contributed by atoms with Crippen molar-refractivity contribution in [2.45, 2.75) is 45.0 Å². The monoisotopic (exact) mass is 574 g/mol. The molecule has 2 aromatic carbocycles. The van der Waals surface area contributed by atoms with Gasteiger partial charge in [0, 0.05) is 31.5 Å². The number of benzene rings is 2. The first kappa shape index (κ1) is 27.8. The van der Waals surface area contributed by atoms with E-state index in [0.29, 0.717) is 65.5 Å². The lowest BCUT2D eigenvalue weighted by Gasteiger charge is -2.34. The summed E-state index contributed by atoms with van der Waals surface area (Å²) in [6, 6.07) is 14.3. The number of aromatic nitrogens is 2. The van der Waals surface area contributed by atoms with Gasteiger partial charge in [0.1, 0.15) is 22.9 Å². The average molecular weight is 575 g/mol. The fourth-order valence-electron chi connectivity index (χ4n) is 5.14. The van der Waals surface area contributed by atoms with Gasteiger partial charge >= 0.3 is 6.36 Å². The van der Waals surface area contributed by atoms with E-state index in [-0.39, 0.29) is 29.9 Å². The van der Waals surface area contributed by atoms with Crippen LogP contribution in [-0.4, -0.2) is 34.7 Å². The molecule has 0 saturated carbocycles. The van der Waals surface area contributed by atoms with E-state index in [4.69, 9.17) is 11.6 Å². The van der Waals surface area contributed by atoms with Crippen molar-refractivity contribution in [3.8, 4) is 5.75 Å². The van der Waals surface area contributed by atoms with Gasteiger partial charge < -0.3 is 15.0 Å². The third kappa shape index (κ3) is 6.17. The molecule has 1 saturated heterocycles. The van der Waals surface area contributed by atoms with Crippen LogP contribution in [0.2, 0.25) is 5.02 Å². The van der Waals surface area contributed by atoms with Crippen molar-refractivity contribution in [1.29, 1.82) is 0 Å². The maximum absolute atomic E-state index is 15.1. The molecule has 40 heavy (non-hydrogen) atoms. The molecule has 1 aliphatic rings. The summed E-state index contributed by atoms with van der Waals surface area (Å²) in [5, 5.41) is 3.35. The van der Waals surface area contributed by atoms with Crippen molar-refractivity contribution < 1.29 is 27.1 Å². The molecule has 0 aliphatic carbocycles. The summed E-state index contributed by atoms with van der Waals surface area (Å²) in [7, 11) is 0. The SMILES string of the molecule is CCc1nc2ccc(Cl)cn2c1C(=O)NCc1ccc(C2CCN(c3ccc(OC(F)(F)F)cc3)CC2)c(F)c1. The summed E-state index contributed by atoms with van der Waals surface area (Å²) in [6.45, 7) is 3.36. The van der Waals surface area contributed by atoms with Crippen LogP contribution in [0.1, 0.15) is 53.0 Å². The topological polar surface area (TPSA) is 58.9 Å². The first-order chi connectivity index (χ1) is 19.1. The van der Waals surface area contributed by atoms with E-state index < -0.39 is 6.36 Å². The standard InChI is InChI=1S/C29H27ClF4N4O2/c1-2-25-27(38-17-20(30)4-10-26(38)36-25)28(39)35-16-18-3-9-23(24(31)15-18)19-11-13-37(14-12-19)21-5-7-22(8-6-21)40-29(32,33)34/h3-10,15,17,19H,2,11-14,16H2,1H3,(H,35,39). The lowest BCUT2D eigenvalue weighted by atomic mass is 9.88. The van der Waals surface area contributed by atoms with Crippen LogP contribution in [0.5, 0.6) is 5.75 Å². The highest BCUT2D eigenvalue weighted by atomic mass is 35.5. The van der Waals surface area contributed by atoms with Gasteiger partial charge in [0.05, 0.1) is 10.7 Å². The highest BCUT2D eigenvalue weighted by Gasteiger charge is 2.31. The van der Waals surface area contributed by atoms with Crippen molar-refractivity contribution in [2.75, 3.05) is 18.0 Å². The van der Waals surface area contributed by atoms with Crippen LogP contribution in [0.15, 0.2) is 60.8 Å². The molecule has 0 radical (unpaired) electrons. The predicted octanol–water partition coefficient (Wildman–Crippen LogP) is 6.90. The molecular formula is C29H27ClF4N4O2. The van der Waals surface area contributed by atoms with Crippen LogP contribution in [-0.2, 0) is 13.0 Å². The normalized spacial score (nSPS) is 14.5. The van der Waals surface area contributed by atoms with Gasteiger partial charge in [0.15, 0.2) is 0 Å². The number of alkyl halides is 3. The molecule has 210 valence electrons. The smallest absolute Gasteiger partial charge is 0.406 e. The number of rotatable bonds is 7. The Kier molecular flexibility index (Phi) is 7.89. The number of nitrogens with zero attached hydrogens (tertiary/aromatic N) is 3. The molecule has 0 unspecified atom stereocenters. The molecular weight excluding hydrogens is 548 g/mol. The molecule has 1 N–H and O–H groups in total. The fourth-order valence-corrected chi connectivity index (χ4v) is 5.30. The zero-order valence-electron chi connectivity index (χ0n) is 21.6. The molecule has 4 aromatic rings. The minimum Gasteiger partial charge on any atom is -0.406 e. The Morgan fingerprint density at radius 2 is 1.82 bits per heavy atom. The minimum atomic E-state index is -4.73. The van der Waals surface area contributed by atoms with Gasteiger partial charge in [-0.1, -0.05) is 30.7 Å². The number of aryl methyl sites for hydroxylation is 1. The van der Waals surface area contributed by atoms with Crippen molar-refractivity contribution in [3.05, 3.63) is 94.1 Å². The molecule has 1 amide bonds. The molecule has 0 atom stereocenters. The number of carbonyl (C=O) groups is 1. The lowest BCUT2D eigenvalue weighted by Crippen LogP contribution is -2.33. The van der Waals surface area contributed by atoms with Crippen LogP contribution in [0.25, 0.3) is 5.65 Å². The number of hydrogen-bond donors (Lipinski definition) is 1. The third-order valence-electron chi connectivity index (χ3n) is 7.09. The van der Waals surface area contributed by atoms with Gasteiger partial charge in [-0.3, -0.25) is 9.20 Å². The van der Waals surface area contributed by atoms with Gasteiger partial charge in [0.25, 0.3) is 5.91 Å². The van der Waals surface area contributed by atoms with Crippen molar-refractivity contribution >= 4 is 28.8 Å². The van der Waals surface area contributed by atoms with Gasteiger partial charge in [-0.2, -0.15) is 0 Å². The van der Waals surface area contributed by atoms with E-state index in [9.17, 15) is 18.0 Å². The number of amides is 1. The molecule has 2 aromatic heterocycles. The fraction of sp³-hybridized carbons (Fsp3) is 0.310. The average Bonchev–Trinajstić information content (AvgIpc) is 3.29. The van der Waals surface area contributed by atoms with Crippen LogP contribution >= 0.6 is 11.6 Å². The van der Waals surface area contributed by atoms with E-state index in [1.807, 2.05) is 13.0 Å². The Morgan fingerprint density at radius 3 is 2.48 bits per heavy atom. The second-order valence-electron chi connectivity index (χ2n) is 9.68. The van der Waals surface area contributed by atoms with E-state index in [1.165, 1.54) is 18.2 Å². The Bertz CT molecular complexity index is 1510. The number of ether oxygens (including phenoxy) is 1. The zero-order valence-corrected chi connectivity index (χ0v) is 22.4. The molecule has 6 nitrogen and oxygen atoms in total. The Morgan fingerprint density at radius 1 is 1.10 bits per heavy atom. The minimum absolute atomic E-state index is 0.0164. The number of anilines is 1. The third-order valence-corrected chi connectivity index (χ3v) is 7.32. The van der Waals surface area contributed by atoms with Crippen LogP contribution in [0.3, 0.4) is 0 Å². The Labute approximate surface area is 233 Å². The summed E-state index contributed by atoms with van der Waals surface area (Å²) < 4.78 is 57.9. The maximum Gasteiger partial charge on any atom is 0.573 e. The lowest BCUT2D eigenvalue weighted by molar-refractivity contribution is -0.274. The second-order valence-corrected chi connectivity index (χ2v) is 10.1. The number of piperidine rings is 1. The molecule has 0 spiro atoms.